The third kappa shape index (κ3) is 5.66. The summed E-state index contributed by atoms with van der Waals surface area (Å²) < 4.78 is 22.9. The van der Waals surface area contributed by atoms with E-state index in [0.717, 1.165) is 29.5 Å². The van der Waals surface area contributed by atoms with E-state index in [1.807, 2.05) is 50.4 Å². The fraction of sp³-hybridized carbons (Fsp3) is 0.417. The van der Waals surface area contributed by atoms with Crippen LogP contribution in [-0.4, -0.2) is 50.4 Å². The Morgan fingerprint density at radius 3 is 2.61 bits per heavy atom. The fourth-order valence-corrected chi connectivity index (χ4v) is 4.43. The predicted octanol–water partition coefficient (Wildman–Crippen LogP) is 4.53. The first-order valence-corrected chi connectivity index (χ1v) is 12.0. The highest BCUT2D eigenvalue weighted by atomic mass is 32.1. The summed E-state index contributed by atoms with van der Waals surface area (Å²) in [5.74, 6) is 2.68. The normalized spacial score (nSPS) is 13.7. The van der Waals surface area contributed by atoms with Gasteiger partial charge in [-0.15, -0.1) is 11.3 Å². The zero-order valence-corrected chi connectivity index (χ0v) is 20.0. The van der Waals surface area contributed by atoms with Gasteiger partial charge in [0.1, 0.15) is 17.3 Å². The van der Waals surface area contributed by atoms with Crippen LogP contribution in [0.2, 0.25) is 0 Å². The molecule has 1 aliphatic rings. The van der Waals surface area contributed by atoms with Crippen molar-refractivity contribution in [3.8, 4) is 22.3 Å². The van der Waals surface area contributed by atoms with Crippen LogP contribution < -0.4 is 19.7 Å². The summed E-state index contributed by atoms with van der Waals surface area (Å²) in [5.41, 5.74) is 2.22. The number of rotatable bonds is 9. The van der Waals surface area contributed by atoms with E-state index >= 15 is 0 Å². The topological polar surface area (TPSA) is 86.1 Å². The molecule has 0 atom stereocenters. The number of amides is 1. The highest BCUT2D eigenvalue weighted by molar-refractivity contribution is 7.13. The highest BCUT2D eigenvalue weighted by Gasteiger charge is 2.21. The first-order chi connectivity index (χ1) is 16.1. The number of anilines is 2. The Labute approximate surface area is 197 Å². The van der Waals surface area contributed by atoms with E-state index in [1.54, 1.807) is 0 Å². The van der Waals surface area contributed by atoms with E-state index in [4.69, 9.17) is 18.6 Å². The number of morpholine rings is 1. The van der Waals surface area contributed by atoms with Gasteiger partial charge in [-0.2, -0.15) is 0 Å². The molecule has 33 heavy (non-hydrogen) atoms. The summed E-state index contributed by atoms with van der Waals surface area (Å²) in [4.78, 5) is 19.6. The van der Waals surface area contributed by atoms with Gasteiger partial charge in [-0.3, -0.25) is 4.79 Å². The van der Waals surface area contributed by atoms with E-state index in [-0.39, 0.29) is 12.3 Å². The quantitative estimate of drug-likeness (QED) is 0.491. The van der Waals surface area contributed by atoms with Crippen molar-refractivity contribution in [2.24, 2.45) is 0 Å². The SMILES string of the molecule is CCOc1cc(N2CCOCC2)c(OCC)cc1NC(=O)Cc1csc(-c2ccc(C)o2)n1. The Balaban J connectivity index is 1.52. The number of hydrogen-bond donors (Lipinski definition) is 1. The molecule has 8 nitrogen and oxygen atoms in total. The van der Waals surface area contributed by atoms with Crippen LogP contribution in [-0.2, 0) is 16.0 Å². The Hall–Kier alpha value is -3.04. The van der Waals surface area contributed by atoms with Crippen LogP contribution in [0.25, 0.3) is 10.8 Å². The molecule has 1 aliphatic heterocycles. The van der Waals surface area contributed by atoms with Crippen LogP contribution in [0.4, 0.5) is 11.4 Å². The Morgan fingerprint density at radius 1 is 1.15 bits per heavy atom. The zero-order chi connectivity index (χ0) is 23.2. The van der Waals surface area contributed by atoms with Gasteiger partial charge in [0, 0.05) is 30.6 Å². The van der Waals surface area contributed by atoms with Gasteiger partial charge in [-0.05, 0) is 32.9 Å². The summed E-state index contributed by atoms with van der Waals surface area (Å²) in [6, 6.07) is 7.57. The summed E-state index contributed by atoms with van der Waals surface area (Å²) in [5, 5.41) is 5.62. The van der Waals surface area contributed by atoms with Crippen molar-refractivity contribution >= 4 is 28.6 Å². The Morgan fingerprint density at radius 2 is 1.91 bits per heavy atom. The number of benzene rings is 1. The summed E-state index contributed by atoms with van der Waals surface area (Å²) in [6.45, 7) is 9.65. The Bertz CT molecular complexity index is 1090. The molecule has 4 rings (SSSR count). The second-order valence-electron chi connectivity index (χ2n) is 7.56. The number of nitrogens with one attached hydrogen (secondary N) is 1. The average Bonchev–Trinajstić information content (AvgIpc) is 3.45. The minimum atomic E-state index is -0.176. The zero-order valence-electron chi connectivity index (χ0n) is 19.2. The molecule has 1 fully saturated rings. The lowest BCUT2D eigenvalue weighted by atomic mass is 10.2. The lowest BCUT2D eigenvalue weighted by molar-refractivity contribution is -0.115. The molecule has 0 saturated carbocycles. The number of nitrogens with zero attached hydrogens (tertiary/aromatic N) is 2. The van der Waals surface area contributed by atoms with E-state index in [1.165, 1.54) is 11.3 Å². The van der Waals surface area contributed by atoms with Crippen molar-refractivity contribution in [3.63, 3.8) is 0 Å². The molecule has 1 N–H and O–H groups in total. The number of carbonyl (C=O) groups excluding carboxylic acids is 1. The van der Waals surface area contributed by atoms with Gasteiger partial charge in [0.25, 0.3) is 0 Å². The summed E-state index contributed by atoms with van der Waals surface area (Å²) in [6.07, 6.45) is 0.150. The van der Waals surface area contributed by atoms with Crippen LogP contribution in [0.15, 0.2) is 34.1 Å². The third-order valence-corrected chi connectivity index (χ3v) is 6.04. The molecule has 1 saturated heterocycles. The van der Waals surface area contributed by atoms with Crippen molar-refractivity contribution in [2.45, 2.75) is 27.2 Å². The minimum absolute atomic E-state index is 0.150. The minimum Gasteiger partial charge on any atom is -0.492 e. The van der Waals surface area contributed by atoms with Gasteiger partial charge >= 0.3 is 0 Å². The van der Waals surface area contributed by atoms with Crippen molar-refractivity contribution in [1.29, 1.82) is 0 Å². The van der Waals surface area contributed by atoms with Gasteiger partial charge in [0.15, 0.2) is 10.8 Å². The molecule has 9 heteroatoms. The molecule has 0 bridgehead atoms. The standard InChI is InChI=1S/C24H29N3O5S/c1-4-30-21-14-19(27-8-10-29-11-9-27)22(31-5-2)13-18(21)26-23(28)12-17-15-33-24(25-17)20-7-6-16(3)32-20/h6-7,13-15H,4-5,8-12H2,1-3H3,(H,26,28). The lowest BCUT2D eigenvalue weighted by Gasteiger charge is -2.31. The van der Waals surface area contributed by atoms with Gasteiger partial charge in [0.05, 0.1) is 49.9 Å². The highest BCUT2D eigenvalue weighted by Crippen LogP contribution is 2.39. The number of thiazole rings is 1. The van der Waals surface area contributed by atoms with E-state index in [2.05, 4.69) is 15.2 Å². The molecule has 0 aliphatic carbocycles. The number of ether oxygens (including phenoxy) is 3. The third-order valence-electron chi connectivity index (χ3n) is 5.13. The van der Waals surface area contributed by atoms with Crippen LogP contribution >= 0.6 is 11.3 Å². The van der Waals surface area contributed by atoms with Crippen molar-refractivity contribution in [2.75, 3.05) is 49.7 Å². The maximum atomic E-state index is 12.9. The molecule has 0 unspecified atom stereocenters. The molecule has 3 heterocycles. The average molecular weight is 472 g/mol. The molecular weight excluding hydrogens is 442 g/mol. The predicted molar refractivity (Wildman–Crippen MR) is 129 cm³/mol. The maximum absolute atomic E-state index is 12.9. The Kier molecular flexibility index (Phi) is 7.51. The van der Waals surface area contributed by atoms with Gasteiger partial charge < -0.3 is 28.8 Å². The molecule has 1 aromatic carbocycles. The van der Waals surface area contributed by atoms with Crippen molar-refractivity contribution in [1.82, 2.24) is 4.98 Å². The molecule has 1 amide bonds. The first-order valence-electron chi connectivity index (χ1n) is 11.1. The van der Waals surface area contributed by atoms with Crippen LogP contribution in [0.5, 0.6) is 11.5 Å². The number of furan rings is 1. The molecule has 3 aromatic rings. The van der Waals surface area contributed by atoms with E-state index in [9.17, 15) is 4.79 Å². The molecule has 2 aromatic heterocycles. The van der Waals surface area contributed by atoms with Gasteiger partial charge in [-0.1, -0.05) is 0 Å². The summed E-state index contributed by atoms with van der Waals surface area (Å²) >= 11 is 1.46. The smallest absolute Gasteiger partial charge is 0.230 e. The van der Waals surface area contributed by atoms with E-state index < -0.39 is 0 Å². The monoisotopic (exact) mass is 471 g/mol. The number of aryl methyl sites for hydroxylation is 1. The second-order valence-corrected chi connectivity index (χ2v) is 8.42. The summed E-state index contributed by atoms with van der Waals surface area (Å²) in [7, 11) is 0. The van der Waals surface area contributed by atoms with Crippen LogP contribution in [0.3, 0.4) is 0 Å². The maximum Gasteiger partial charge on any atom is 0.230 e. The molecular formula is C24H29N3O5S. The lowest BCUT2D eigenvalue weighted by Crippen LogP contribution is -2.36. The van der Waals surface area contributed by atoms with E-state index in [0.29, 0.717) is 55.1 Å². The largest absolute Gasteiger partial charge is 0.492 e. The van der Waals surface area contributed by atoms with Crippen LogP contribution in [0.1, 0.15) is 25.3 Å². The van der Waals surface area contributed by atoms with Crippen molar-refractivity contribution < 1.29 is 23.4 Å². The van der Waals surface area contributed by atoms with Crippen LogP contribution in [0, 0.1) is 6.92 Å². The second kappa shape index (κ2) is 10.7. The molecule has 0 radical (unpaired) electrons. The fourth-order valence-electron chi connectivity index (χ4n) is 3.65. The van der Waals surface area contributed by atoms with Crippen molar-refractivity contribution in [3.05, 3.63) is 41.1 Å². The first kappa shape index (κ1) is 23.1. The number of hydrogen-bond acceptors (Lipinski definition) is 8. The molecule has 0 spiro atoms. The number of carbonyl (C=O) groups is 1. The van der Waals surface area contributed by atoms with Gasteiger partial charge in [-0.25, -0.2) is 4.98 Å². The molecule has 176 valence electrons. The number of aromatic nitrogens is 1. The van der Waals surface area contributed by atoms with Gasteiger partial charge in [0.2, 0.25) is 5.91 Å².